The predicted octanol–water partition coefficient (Wildman–Crippen LogP) is 14.7. The fourth-order valence-corrected chi connectivity index (χ4v) is 16.7. The van der Waals surface area contributed by atoms with E-state index in [2.05, 4.69) is 106 Å². The van der Waals surface area contributed by atoms with E-state index in [0.717, 1.165) is 60.4 Å². The number of sulfone groups is 1. The van der Waals surface area contributed by atoms with E-state index in [-0.39, 0.29) is 22.3 Å². The lowest BCUT2D eigenvalue weighted by molar-refractivity contribution is -0.384. The van der Waals surface area contributed by atoms with Crippen LogP contribution in [0.2, 0.25) is 10.0 Å². The Bertz CT molecular complexity index is 5170. The van der Waals surface area contributed by atoms with Crippen molar-refractivity contribution in [3.05, 3.63) is 190 Å². The van der Waals surface area contributed by atoms with Crippen molar-refractivity contribution in [1.29, 1.82) is 0 Å². The molecule has 0 saturated carbocycles. The van der Waals surface area contributed by atoms with Gasteiger partial charge in [-0.25, -0.2) is 33.3 Å². The minimum Gasteiger partial charge on any atom is -0.495 e. The van der Waals surface area contributed by atoms with E-state index in [1.165, 1.54) is 57.7 Å². The number of ether oxygens (including phenoxy) is 4. The molecule has 10 aromatic rings. The summed E-state index contributed by atoms with van der Waals surface area (Å²) in [6, 6.07) is 40.0. The van der Waals surface area contributed by atoms with Crippen LogP contribution in [0.4, 0.5) is 75.1 Å². The molecule has 29 nitrogen and oxygen atoms in total. The molecule has 0 radical (unpaired) electrons. The molecule has 580 valence electrons. The van der Waals surface area contributed by atoms with Crippen molar-refractivity contribution in [2.45, 2.75) is 49.4 Å². The summed E-state index contributed by atoms with van der Waals surface area (Å²) in [4.78, 5) is 52.4. The number of piperidine rings is 1. The van der Waals surface area contributed by atoms with Crippen LogP contribution in [0.5, 0.6) is 28.9 Å². The van der Waals surface area contributed by atoms with Crippen LogP contribution in [0.25, 0.3) is 0 Å². The van der Waals surface area contributed by atoms with E-state index in [1.54, 1.807) is 135 Å². The maximum atomic E-state index is 12.8. The van der Waals surface area contributed by atoms with Gasteiger partial charge in [-0.05, 0) is 146 Å². The average Bonchev–Trinajstić information content (AvgIpc) is 0.797. The van der Waals surface area contributed by atoms with Crippen molar-refractivity contribution in [2.75, 3.05) is 144 Å². The Morgan fingerprint density at radius 3 is 1.69 bits per heavy atom. The van der Waals surface area contributed by atoms with Crippen LogP contribution >= 0.6 is 44.6 Å². The van der Waals surface area contributed by atoms with Crippen molar-refractivity contribution in [3.8, 4) is 28.9 Å². The van der Waals surface area contributed by atoms with Gasteiger partial charge in [0.25, 0.3) is 0 Å². The molecule has 6 heterocycles. The average molecular weight is 1610 g/mol. The Balaban J connectivity index is 0.000000177. The van der Waals surface area contributed by atoms with Crippen LogP contribution in [0.1, 0.15) is 32.3 Å². The van der Waals surface area contributed by atoms with Crippen LogP contribution in [-0.4, -0.2) is 182 Å². The van der Waals surface area contributed by atoms with Gasteiger partial charge in [0, 0.05) is 97.9 Å². The van der Waals surface area contributed by atoms with Gasteiger partial charge in [-0.3, -0.25) is 15.0 Å². The van der Waals surface area contributed by atoms with Gasteiger partial charge in [0.05, 0.1) is 77.2 Å². The van der Waals surface area contributed by atoms with Crippen LogP contribution in [-0.2, 0) is 30.1 Å². The SMILES string of the molecule is COc1cc(N2CCC(N3CCN(C)CC3)CC2)ccc1Nc1ncc(Cl)c(NCc2ccccc2P(C)(C)=O)n1.COc1cc(Oc2ccncn2)ccc1Nc1ncc(Cl)c(Nc2ccccc2P(C)(C)=O)n1.COc1cc(P(C)(C)=O)ccc1Nc1ncc([N+](=O)[O-])c(Nc2ccccc2S(=O)(=O)C(C)C)n1. The Kier molecular flexibility index (Phi) is 27.5. The molecule has 0 amide bonds. The molecule has 0 atom stereocenters. The third-order valence-corrected chi connectivity index (χ3v) is 25.3. The van der Waals surface area contributed by atoms with E-state index >= 15 is 0 Å². The number of hydrogen-bond donors (Lipinski definition) is 6. The van der Waals surface area contributed by atoms with E-state index in [4.69, 9.17) is 42.1 Å². The minimum absolute atomic E-state index is 0.00163. The van der Waals surface area contributed by atoms with Crippen molar-refractivity contribution in [3.63, 3.8) is 0 Å². The van der Waals surface area contributed by atoms with Crippen molar-refractivity contribution >= 4 is 145 Å². The lowest BCUT2D eigenvalue weighted by Crippen LogP contribution is -2.52. The van der Waals surface area contributed by atoms with Crippen molar-refractivity contribution in [1.82, 2.24) is 49.7 Å². The third kappa shape index (κ3) is 21.7. The van der Waals surface area contributed by atoms with Crippen molar-refractivity contribution in [2.24, 2.45) is 0 Å². The van der Waals surface area contributed by atoms with Gasteiger partial charge < -0.3 is 74.3 Å². The molecule has 35 heteroatoms. The normalized spacial score (nSPS) is 13.7. The summed E-state index contributed by atoms with van der Waals surface area (Å²) in [5, 5.41) is 32.4. The van der Waals surface area contributed by atoms with Gasteiger partial charge in [0.15, 0.2) is 21.5 Å². The number of likely N-dealkylation sites (N-methyl/N-ethyl adjacent to an activating group) is 1. The molecule has 12 rings (SSSR count). The summed E-state index contributed by atoms with van der Waals surface area (Å²) >= 11 is 12.8. The highest BCUT2D eigenvalue weighted by Gasteiger charge is 2.30. The maximum Gasteiger partial charge on any atom is 0.329 e. The summed E-state index contributed by atoms with van der Waals surface area (Å²) in [6.07, 6.45) is 9.43. The molecular formula is C75H89Cl2N18O11P3S. The highest BCUT2D eigenvalue weighted by molar-refractivity contribution is 7.92. The number of aromatic nitrogens is 8. The molecule has 0 unspecified atom stereocenters. The highest BCUT2D eigenvalue weighted by atomic mass is 35.5. The number of methoxy groups -OCH3 is 3. The topological polar surface area (TPSA) is 350 Å². The van der Waals surface area contributed by atoms with Crippen LogP contribution in [0.15, 0.2) is 169 Å². The summed E-state index contributed by atoms with van der Waals surface area (Å²) < 4.78 is 85.8. The Labute approximate surface area is 650 Å². The highest BCUT2D eigenvalue weighted by Crippen LogP contribution is 2.43. The first-order valence-corrected chi connectivity index (χ1v) is 45.0. The number of piperazine rings is 1. The summed E-state index contributed by atoms with van der Waals surface area (Å²) in [5.41, 5.74) is 4.35. The minimum atomic E-state index is -3.68. The number of anilines is 12. The summed E-state index contributed by atoms with van der Waals surface area (Å²) in [7, 11) is -4.24. The molecule has 2 saturated heterocycles. The standard InChI is InChI=1S/C30H41ClN7O2P.C23H22ClN6O3P.C22H26N5O6PS/c1-36-15-17-38(18-16-36)23-11-13-37(14-12-23)24-9-10-26(27(19-24)40-2)34-30-33-21-25(31)29(35-30)32-20-22-7-5-6-8-28(22)41(3,4)39;1-32-19-12-15(33-21-10-11-25-14-27-21)8-9-17(19)29-23-26-13-16(24)22(30-23)28-18-6-4-5-7-20(18)34(2,3)31;1-14(2)35(31,32)20-9-7-6-8-17(20)24-21-18(27(28)29)13-23-22(26-21)25-16-11-10-15(34(4,5)30)12-19(16)33-3/h5-10,19,21,23H,11-18,20H2,1-4H3,(H2,32,33,34,35);4-14H,1-3H3,(H2,26,28,29,30);6-14H,1-5H3,(H2,23,24,25,26). The maximum absolute atomic E-state index is 12.8. The smallest absolute Gasteiger partial charge is 0.329 e. The number of para-hydroxylation sites is 2. The lowest BCUT2D eigenvalue weighted by Gasteiger charge is -2.42. The molecule has 2 aliphatic rings. The first-order valence-electron chi connectivity index (χ1n) is 34.9. The van der Waals surface area contributed by atoms with Crippen molar-refractivity contribution < 1.29 is 46.0 Å². The predicted molar refractivity (Wildman–Crippen MR) is 441 cm³/mol. The quantitative estimate of drug-likeness (QED) is 0.0167. The van der Waals surface area contributed by atoms with Crippen LogP contribution in [0, 0.1) is 10.1 Å². The molecule has 0 aliphatic carbocycles. The summed E-state index contributed by atoms with van der Waals surface area (Å²) in [5.74, 6) is 3.98. The van der Waals surface area contributed by atoms with Gasteiger partial charge >= 0.3 is 5.69 Å². The largest absolute Gasteiger partial charge is 0.495 e. The molecule has 6 aromatic carbocycles. The van der Waals surface area contributed by atoms with Crippen LogP contribution < -0.4 is 71.7 Å². The molecular weight excluding hydrogens is 1520 g/mol. The molecule has 110 heavy (non-hydrogen) atoms. The second kappa shape index (κ2) is 36.7. The zero-order valence-electron chi connectivity index (χ0n) is 63.0. The lowest BCUT2D eigenvalue weighted by atomic mass is 10.0. The molecule has 4 aromatic heterocycles. The van der Waals surface area contributed by atoms with E-state index in [1.807, 2.05) is 54.6 Å². The summed E-state index contributed by atoms with van der Waals surface area (Å²) in [6.45, 7) is 20.6. The van der Waals surface area contributed by atoms with Crippen LogP contribution in [0.3, 0.4) is 0 Å². The number of nitro groups is 1. The Morgan fingerprint density at radius 2 is 1.10 bits per heavy atom. The molecule has 2 aliphatic heterocycles. The number of nitrogens with zero attached hydrogens (tertiary/aromatic N) is 12. The Morgan fingerprint density at radius 1 is 0.573 bits per heavy atom. The Hall–Kier alpha value is -10.0. The fraction of sp³-hybridized carbons (Fsp3) is 0.307. The van der Waals surface area contributed by atoms with Gasteiger partial charge in [0.1, 0.15) is 67.0 Å². The van der Waals surface area contributed by atoms with Gasteiger partial charge in [-0.15, -0.1) is 0 Å². The number of halogens is 2. The second-order valence-electron chi connectivity index (χ2n) is 27.1. The molecule has 2 fully saturated rings. The van der Waals surface area contributed by atoms with E-state index < -0.39 is 47.1 Å². The number of benzene rings is 6. The van der Waals surface area contributed by atoms with Gasteiger partial charge in [-0.2, -0.15) is 15.0 Å². The number of hydrogen-bond acceptors (Lipinski definition) is 28. The van der Waals surface area contributed by atoms with E-state index in [0.29, 0.717) is 97.0 Å². The molecule has 0 spiro atoms. The van der Waals surface area contributed by atoms with Gasteiger partial charge in [0.2, 0.25) is 29.5 Å². The van der Waals surface area contributed by atoms with E-state index in [9.17, 15) is 32.2 Å². The molecule has 6 N–H and O–H groups in total. The third-order valence-electron chi connectivity index (χ3n) is 17.8. The number of nitrogens with one attached hydrogen (secondary N) is 6. The second-order valence-corrected chi connectivity index (χ2v) is 39.9. The first kappa shape index (κ1) is 82.5. The molecule has 0 bridgehead atoms. The first-order chi connectivity index (χ1) is 52.4. The zero-order valence-corrected chi connectivity index (χ0v) is 68.0. The monoisotopic (exact) mass is 1610 g/mol. The fourth-order valence-electron chi connectivity index (χ4n) is 11.9. The number of rotatable bonds is 26. The zero-order chi connectivity index (χ0) is 79.1. The van der Waals surface area contributed by atoms with Gasteiger partial charge in [-0.1, -0.05) is 71.7 Å².